The Balaban J connectivity index is 1.94. The lowest BCUT2D eigenvalue weighted by Crippen LogP contribution is -2.36. The van der Waals surface area contributed by atoms with Crippen LogP contribution in [-0.2, 0) is 0 Å². The Labute approximate surface area is 112 Å². The molecule has 4 N–H and O–H groups in total. The van der Waals surface area contributed by atoms with Crippen molar-refractivity contribution in [1.29, 1.82) is 0 Å². The van der Waals surface area contributed by atoms with Crippen molar-refractivity contribution >= 4 is 22.1 Å². The molecule has 1 fully saturated rings. The maximum atomic E-state index is 10.1. The predicted octanol–water partition coefficient (Wildman–Crippen LogP) is 2.53. The average Bonchev–Trinajstić information content (AvgIpc) is 2.44. The molecular weight excluding hydrogens is 238 g/mol. The highest BCUT2D eigenvalue weighted by Gasteiger charge is 2.23. The first kappa shape index (κ1) is 12.2. The van der Waals surface area contributed by atoms with Crippen LogP contribution in [0, 0.1) is 0 Å². The highest BCUT2D eigenvalue weighted by atomic mass is 16.3. The molecule has 0 spiro atoms. The number of fused-ring (bicyclic) bond motifs is 1. The number of nitrogens with one attached hydrogen (secondary N) is 1. The van der Waals surface area contributed by atoms with E-state index >= 15 is 0 Å². The van der Waals surface area contributed by atoms with Crippen LogP contribution in [0.15, 0.2) is 30.6 Å². The normalized spacial score (nSPS) is 23.4. The van der Waals surface area contributed by atoms with Crippen LogP contribution in [0.4, 0.5) is 11.4 Å². The summed E-state index contributed by atoms with van der Waals surface area (Å²) in [5.41, 5.74) is 7.74. The second-order valence-corrected chi connectivity index (χ2v) is 5.23. The molecule has 100 valence electrons. The van der Waals surface area contributed by atoms with E-state index in [1.54, 1.807) is 6.20 Å². The summed E-state index contributed by atoms with van der Waals surface area (Å²) in [4.78, 5) is 4.17. The maximum Gasteiger partial charge on any atom is 0.0741 e. The van der Waals surface area contributed by atoms with E-state index in [1.807, 2.05) is 24.4 Å². The van der Waals surface area contributed by atoms with Gasteiger partial charge in [-0.1, -0.05) is 12.8 Å². The standard InChI is InChI=1S/C15H19N3O/c16-12-5-6-13(11-9-17-8-7-10(11)12)18-14-3-1-2-4-15(14)19/h5-9,14-15,18-19H,1-4,16H2. The van der Waals surface area contributed by atoms with Crippen molar-refractivity contribution < 1.29 is 5.11 Å². The number of hydrogen-bond acceptors (Lipinski definition) is 4. The Hall–Kier alpha value is -1.81. The first-order valence-corrected chi connectivity index (χ1v) is 6.82. The Morgan fingerprint density at radius 1 is 1.16 bits per heavy atom. The highest BCUT2D eigenvalue weighted by Crippen LogP contribution is 2.30. The predicted molar refractivity (Wildman–Crippen MR) is 78.0 cm³/mol. The molecule has 2 aromatic rings. The first-order chi connectivity index (χ1) is 9.25. The van der Waals surface area contributed by atoms with Crippen molar-refractivity contribution in [2.45, 2.75) is 37.8 Å². The van der Waals surface area contributed by atoms with E-state index in [4.69, 9.17) is 5.73 Å². The number of benzene rings is 1. The Kier molecular flexibility index (Phi) is 3.25. The third-order valence-electron chi connectivity index (χ3n) is 3.92. The second kappa shape index (κ2) is 5.05. The lowest BCUT2D eigenvalue weighted by Gasteiger charge is -2.29. The van der Waals surface area contributed by atoms with Crippen LogP contribution >= 0.6 is 0 Å². The first-order valence-electron chi connectivity index (χ1n) is 6.82. The number of aliphatic hydroxyl groups is 1. The van der Waals surface area contributed by atoms with Gasteiger partial charge in [0.05, 0.1) is 12.1 Å². The molecule has 0 bridgehead atoms. The van der Waals surface area contributed by atoms with E-state index in [-0.39, 0.29) is 12.1 Å². The summed E-state index contributed by atoms with van der Waals surface area (Å²) in [5.74, 6) is 0. The highest BCUT2D eigenvalue weighted by molar-refractivity contribution is 6.00. The van der Waals surface area contributed by atoms with Gasteiger partial charge in [-0.25, -0.2) is 0 Å². The fourth-order valence-electron chi connectivity index (χ4n) is 2.82. The molecule has 0 amide bonds. The summed E-state index contributed by atoms with van der Waals surface area (Å²) < 4.78 is 0. The van der Waals surface area contributed by atoms with Gasteiger partial charge in [0, 0.05) is 34.5 Å². The van der Waals surface area contributed by atoms with Crippen molar-refractivity contribution in [2.24, 2.45) is 0 Å². The summed E-state index contributed by atoms with van der Waals surface area (Å²) in [6.07, 6.45) is 7.47. The number of anilines is 2. The smallest absolute Gasteiger partial charge is 0.0741 e. The third-order valence-corrected chi connectivity index (χ3v) is 3.92. The molecule has 0 aliphatic heterocycles. The number of nitrogens with zero attached hydrogens (tertiary/aromatic N) is 1. The van der Waals surface area contributed by atoms with E-state index in [0.717, 1.165) is 41.4 Å². The van der Waals surface area contributed by atoms with Gasteiger partial charge in [0.1, 0.15) is 0 Å². The van der Waals surface area contributed by atoms with Crippen molar-refractivity contribution in [3.63, 3.8) is 0 Å². The summed E-state index contributed by atoms with van der Waals surface area (Å²) in [6, 6.07) is 5.93. The van der Waals surface area contributed by atoms with Crippen molar-refractivity contribution in [2.75, 3.05) is 11.1 Å². The van der Waals surface area contributed by atoms with Crippen molar-refractivity contribution in [1.82, 2.24) is 4.98 Å². The quantitative estimate of drug-likeness (QED) is 0.723. The van der Waals surface area contributed by atoms with Gasteiger partial charge >= 0.3 is 0 Å². The number of rotatable bonds is 2. The van der Waals surface area contributed by atoms with Gasteiger partial charge in [0.15, 0.2) is 0 Å². The molecule has 4 nitrogen and oxygen atoms in total. The summed E-state index contributed by atoms with van der Waals surface area (Å²) in [6.45, 7) is 0. The fourth-order valence-corrected chi connectivity index (χ4v) is 2.82. The van der Waals surface area contributed by atoms with Crippen LogP contribution in [0.25, 0.3) is 10.8 Å². The molecule has 4 heteroatoms. The van der Waals surface area contributed by atoms with Gasteiger partial charge in [-0.2, -0.15) is 0 Å². The number of nitrogen functional groups attached to an aromatic ring is 1. The second-order valence-electron chi connectivity index (χ2n) is 5.23. The monoisotopic (exact) mass is 257 g/mol. The third kappa shape index (κ3) is 2.36. The number of aromatic nitrogens is 1. The Bertz CT molecular complexity index is 585. The summed E-state index contributed by atoms with van der Waals surface area (Å²) in [5, 5.41) is 15.5. The van der Waals surface area contributed by atoms with Gasteiger partial charge in [-0.05, 0) is 31.0 Å². The summed E-state index contributed by atoms with van der Waals surface area (Å²) >= 11 is 0. The molecule has 1 aliphatic carbocycles. The zero-order valence-electron chi connectivity index (χ0n) is 10.8. The molecule has 19 heavy (non-hydrogen) atoms. The zero-order chi connectivity index (χ0) is 13.2. The Morgan fingerprint density at radius 3 is 2.84 bits per heavy atom. The molecule has 0 saturated heterocycles. The topological polar surface area (TPSA) is 71.2 Å². The minimum absolute atomic E-state index is 0.126. The van der Waals surface area contributed by atoms with Gasteiger partial charge in [0.25, 0.3) is 0 Å². The van der Waals surface area contributed by atoms with Crippen LogP contribution in [0.5, 0.6) is 0 Å². The van der Waals surface area contributed by atoms with Crippen LogP contribution in [0.1, 0.15) is 25.7 Å². The van der Waals surface area contributed by atoms with Crippen LogP contribution in [0.3, 0.4) is 0 Å². The largest absolute Gasteiger partial charge is 0.398 e. The van der Waals surface area contributed by atoms with Crippen LogP contribution < -0.4 is 11.1 Å². The molecule has 1 aliphatic rings. The summed E-state index contributed by atoms with van der Waals surface area (Å²) in [7, 11) is 0. The molecule has 3 rings (SSSR count). The number of aliphatic hydroxyl groups excluding tert-OH is 1. The molecule has 1 saturated carbocycles. The minimum atomic E-state index is -0.266. The van der Waals surface area contributed by atoms with E-state index in [9.17, 15) is 5.11 Å². The molecule has 1 aromatic heterocycles. The van der Waals surface area contributed by atoms with E-state index in [2.05, 4.69) is 10.3 Å². The van der Waals surface area contributed by atoms with Crippen LogP contribution in [-0.4, -0.2) is 22.2 Å². The molecule has 0 radical (unpaired) electrons. The SMILES string of the molecule is Nc1ccc(NC2CCCCC2O)c2cnccc12. The fraction of sp³-hybridized carbons (Fsp3) is 0.400. The molecule has 1 aromatic carbocycles. The van der Waals surface area contributed by atoms with E-state index in [0.29, 0.717) is 0 Å². The van der Waals surface area contributed by atoms with Gasteiger partial charge in [-0.3, -0.25) is 4.98 Å². The van der Waals surface area contributed by atoms with Crippen LogP contribution in [0.2, 0.25) is 0 Å². The van der Waals surface area contributed by atoms with Crippen molar-refractivity contribution in [3.05, 3.63) is 30.6 Å². The van der Waals surface area contributed by atoms with Gasteiger partial charge in [0.2, 0.25) is 0 Å². The molecular formula is C15H19N3O. The van der Waals surface area contributed by atoms with Gasteiger partial charge < -0.3 is 16.2 Å². The maximum absolute atomic E-state index is 10.1. The number of nitrogens with two attached hydrogens (primary N) is 1. The molecule has 2 unspecified atom stereocenters. The zero-order valence-corrected chi connectivity index (χ0v) is 10.8. The lowest BCUT2D eigenvalue weighted by atomic mass is 9.92. The van der Waals surface area contributed by atoms with E-state index in [1.165, 1.54) is 6.42 Å². The van der Waals surface area contributed by atoms with Gasteiger partial charge in [-0.15, -0.1) is 0 Å². The number of pyridine rings is 1. The number of hydrogen-bond donors (Lipinski definition) is 3. The molecule has 2 atom stereocenters. The van der Waals surface area contributed by atoms with E-state index < -0.39 is 0 Å². The molecule has 1 heterocycles. The Morgan fingerprint density at radius 2 is 2.00 bits per heavy atom. The minimum Gasteiger partial charge on any atom is -0.398 e. The average molecular weight is 257 g/mol. The van der Waals surface area contributed by atoms with Crippen molar-refractivity contribution in [3.8, 4) is 0 Å². The lowest BCUT2D eigenvalue weighted by molar-refractivity contribution is 0.116.